The van der Waals surface area contributed by atoms with Crippen molar-refractivity contribution in [3.8, 4) is 0 Å². The lowest BCUT2D eigenvalue weighted by molar-refractivity contribution is -0.278. The van der Waals surface area contributed by atoms with Gasteiger partial charge in [0.2, 0.25) is 5.91 Å². The average Bonchev–Trinajstić information content (AvgIpc) is 3.40. The number of nitrogens with zero attached hydrogens (tertiary/aromatic N) is 3. The van der Waals surface area contributed by atoms with Crippen LogP contribution >= 0.6 is 0 Å². The number of carbonyl (C=O) groups is 2. The van der Waals surface area contributed by atoms with Crippen molar-refractivity contribution in [2.24, 2.45) is 12.2 Å². The molecule has 0 bridgehead atoms. The highest BCUT2D eigenvalue weighted by molar-refractivity contribution is 6.05. The largest absolute Gasteiger partial charge is 0.437 e. The molecule has 1 aromatic carbocycles. The Kier molecular flexibility index (Phi) is 7.44. The van der Waals surface area contributed by atoms with Gasteiger partial charge in [0, 0.05) is 18.2 Å². The van der Waals surface area contributed by atoms with Gasteiger partial charge in [-0.2, -0.15) is 44.6 Å². The molecule has 1 aliphatic rings. The SMILES string of the molecule is Cc1ccc(C2=NOC(c3cc(C(F)(F)F)nn3C)(C(F)(F)F)C2)cc1C(=O)NCC(=O)NCC(F)(F)F. The van der Waals surface area contributed by atoms with Gasteiger partial charge in [-0.3, -0.25) is 14.3 Å². The normalized spacial score (nSPS) is 18.1. The summed E-state index contributed by atoms with van der Waals surface area (Å²) in [5.74, 6) is -2.06. The van der Waals surface area contributed by atoms with Gasteiger partial charge < -0.3 is 15.5 Å². The van der Waals surface area contributed by atoms with E-state index in [1.165, 1.54) is 19.1 Å². The summed E-state index contributed by atoms with van der Waals surface area (Å²) in [6, 6.07) is 3.94. The predicted molar refractivity (Wildman–Crippen MR) is 111 cm³/mol. The van der Waals surface area contributed by atoms with Crippen LogP contribution in [0, 0.1) is 6.92 Å². The molecule has 1 unspecified atom stereocenters. The molecule has 2 aromatic rings. The summed E-state index contributed by atoms with van der Waals surface area (Å²) in [7, 11) is 0.887. The van der Waals surface area contributed by atoms with Crippen LogP contribution in [0.4, 0.5) is 39.5 Å². The monoisotopic (exact) mass is 559 g/mol. The molecule has 1 aliphatic heterocycles. The van der Waals surface area contributed by atoms with E-state index in [4.69, 9.17) is 4.84 Å². The van der Waals surface area contributed by atoms with Crippen LogP contribution in [0.15, 0.2) is 29.4 Å². The Labute approximate surface area is 207 Å². The standard InChI is InChI=1S/C21H18F9N5O3/c1-10-3-4-11(5-12(10)17(37)31-8-16(36)32-9-19(22,23)24)13-7-18(38-34-13,21(28,29)30)15-6-14(20(25,26)27)33-35(15)2/h3-6H,7-9H2,1-2H3,(H,31,37)(H,32,36). The first kappa shape index (κ1) is 28.8. The number of carbonyl (C=O) groups excluding carboxylic acids is 2. The van der Waals surface area contributed by atoms with E-state index in [1.54, 1.807) is 5.32 Å². The molecule has 0 saturated carbocycles. The van der Waals surface area contributed by atoms with Gasteiger partial charge in [0.25, 0.3) is 11.5 Å². The van der Waals surface area contributed by atoms with Crippen LogP contribution in [-0.4, -0.2) is 52.7 Å². The highest BCUT2D eigenvalue weighted by atomic mass is 19.4. The molecule has 38 heavy (non-hydrogen) atoms. The van der Waals surface area contributed by atoms with Gasteiger partial charge >= 0.3 is 18.5 Å². The van der Waals surface area contributed by atoms with Crippen molar-refractivity contribution in [3.63, 3.8) is 0 Å². The summed E-state index contributed by atoms with van der Waals surface area (Å²) in [5, 5.41) is 10.2. The minimum atomic E-state index is -5.23. The summed E-state index contributed by atoms with van der Waals surface area (Å²) in [4.78, 5) is 28.8. The summed E-state index contributed by atoms with van der Waals surface area (Å²) < 4.78 is 119. The summed E-state index contributed by atoms with van der Waals surface area (Å²) in [5.41, 5.74) is -6.07. The van der Waals surface area contributed by atoms with Crippen molar-refractivity contribution in [2.75, 3.05) is 13.1 Å². The summed E-state index contributed by atoms with van der Waals surface area (Å²) in [6.07, 6.45) is -16.0. The van der Waals surface area contributed by atoms with Crippen LogP contribution in [0.5, 0.6) is 0 Å². The zero-order valence-electron chi connectivity index (χ0n) is 19.4. The lowest BCUT2D eigenvalue weighted by Crippen LogP contribution is -2.44. The minimum Gasteiger partial charge on any atom is -0.372 e. The Morgan fingerprint density at radius 1 is 1.05 bits per heavy atom. The molecular formula is C21H18F9N5O3. The van der Waals surface area contributed by atoms with Crippen molar-refractivity contribution in [1.29, 1.82) is 0 Å². The molecule has 208 valence electrons. The molecule has 17 heteroatoms. The van der Waals surface area contributed by atoms with E-state index < -0.39 is 66.8 Å². The second-order valence-electron chi connectivity index (χ2n) is 8.27. The van der Waals surface area contributed by atoms with E-state index in [-0.39, 0.29) is 22.9 Å². The lowest BCUT2D eigenvalue weighted by Gasteiger charge is -2.28. The van der Waals surface area contributed by atoms with E-state index in [2.05, 4.69) is 15.6 Å². The van der Waals surface area contributed by atoms with Crippen LogP contribution in [0.25, 0.3) is 0 Å². The number of nitrogens with one attached hydrogen (secondary N) is 2. The Balaban J connectivity index is 1.83. The molecule has 2 amide bonds. The number of alkyl halides is 9. The maximum absolute atomic E-state index is 14.2. The number of halogens is 9. The smallest absolute Gasteiger partial charge is 0.372 e. The fourth-order valence-corrected chi connectivity index (χ4v) is 3.57. The molecule has 1 atom stereocenters. The molecule has 2 heterocycles. The summed E-state index contributed by atoms with van der Waals surface area (Å²) in [6.45, 7) is -0.982. The quantitative estimate of drug-likeness (QED) is 0.528. The van der Waals surface area contributed by atoms with Crippen molar-refractivity contribution < 1.29 is 53.9 Å². The first-order chi connectivity index (χ1) is 17.3. The second-order valence-corrected chi connectivity index (χ2v) is 8.27. The topological polar surface area (TPSA) is 97.6 Å². The molecule has 0 aliphatic carbocycles. The minimum absolute atomic E-state index is 0.0494. The molecular weight excluding hydrogens is 541 g/mol. The number of hydrogen-bond donors (Lipinski definition) is 2. The highest BCUT2D eigenvalue weighted by Crippen LogP contribution is 2.49. The Bertz CT molecular complexity index is 1260. The van der Waals surface area contributed by atoms with Crippen LogP contribution in [0.2, 0.25) is 0 Å². The van der Waals surface area contributed by atoms with E-state index in [0.717, 1.165) is 13.1 Å². The van der Waals surface area contributed by atoms with Gasteiger partial charge in [0.1, 0.15) is 6.54 Å². The maximum atomic E-state index is 14.2. The van der Waals surface area contributed by atoms with E-state index in [9.17, 15) is 49.1 Å². The van der Waals surface area contributed by atoms with Crippen LogP contribution in [0.3, 0.4) is 0 Å². The van der Waals surface area contributed by atoms with Crippen molar-refractivity contribution in [1.82, 2.24) is 20.4 Å². The molecule has 0 radical (unpaired) electrons. The molecule has 1 aromatic heterocycles. The van der Waals surface area contributed by atoms with Gasteiger partial charge in [-0.25, -0.2) is 0 Å². The Morgan fingerprint density at radius 3 is 2.26 bits per heavy atom. The number of oxime groups is 1. The van der Waals surface area contributed by atoms with Crippen molar-refractivity contribution >= 4 is 17.5 Å². The van der Waals surface area contributed by atoms with Crippen LogP contribution in [-0.2, 0) is 28.5 Å². The number of amides is 2. The Morgan fingerprint density at radius 2 is 1.71 bits per heavy atom. The number of aryl methyl sites for hydroxylation is 2. The third-order valence-corrected chi connectivity index (χ3v) is 5.48. The van der Waals surface area contributed by atoms with E-state index in [0.29, 0.717) is 10.2 Å². The fraction of sp³-hybridized carbons (Fsp3) is 0.429. The first-order valence-electron chi connectivity index (χ1n) is 10.5. The third-order valence-electron chi connectivity index (χ3n) is 5.48. The predicted octanol–water partition coefficient (Wildman–Crippen LogP) is 3.74. The van der Waals surface area contributed by atoms with Gasteiger partial charge in [-0.05, 0) is 24.6 Å². The Hall–Kier alpha value is -3.79. The maximum Gasteiger partial charge on any atom is 0.437 e. The number of hydrogen-bond acceptors (Lipinski definition) is 5. The highest BCUT2D eigenvalue weighted by Gasteiger charge is 2.64. The van der Waals surface area contributed by atoms with Gasteiger partial charge in [-0.15, -0.1) is 0 Å². The molecule has 0 fully saturated rings. The van der Waals surface area contributed by atoms with Gasteiger partial charge in [-0.1, -0.05) is 17.3 Å². The average molecular weight is 559 g/mol. The van der Waals surface area contributed by atoms with Crippen molar-refractivity contribution in [3.05, 3.63) is 52.3 Å². The van der Waals surface area contributed by atoms with Crippen LogP contribution < -0.4 is 10.6 Å². The van der Waals surface area contributed by atoms with Crippen LogP contribution in [0.1, 0.15) is 39.3 Å². The molecule has 0 spiro atoms. The molecule has 0 saturated heterocycles. The summed E-state index contributed by atoms with van der Waals surface area (Å²) >= 11 is 0. The van der Waals surface area contributed by atoms with Gasteiger partial charge in [0.15, 0.2) is 5.69 Å². The third kappa shape index (κ3) is 6.02. The number of aromatic nitrogens is 2. The second kappa shape index (κ2) is 9.83. The van der Waals surface area contributed by atoms with E-state index in [1.807, 2.05) is 0 Å². The van der Waals surface area contributed by atoms with Gasteiger partial charge in [0.05, 0.1) is 24.4 Å². The zero-order chi connectivity index (χ0) is 28.7. The fourth-order valence-electron chi connectivity index (χ4n) is 3.57. The zero-order valence-corrected chi connectivity index (χ0v) is 19.4. The van der Waals surface area contributed by atoms with E-state index >= 15 is 0 Å². The lowest BCUT2D eigenvalue weighted by atomic mass is 9.89. The molecule has 2 N–H and O–H groups in total. The molecule has 8 nitrogen and oxygen atoms in total. The molecule has 3 rings (SSSR count). The van der Waals surface area contributed by atoms with Crippen molar-refractivity contribution in [2.45, 2.75) is 37.5 Å². The first-order valence-corrected chi connectivity index (χ1v) is 10.5. The number of benzene rings is 1. The number of rotatable bonds is 6.